The molecule has 1 fully saturated rings. The molecular weight excluding hydrogens is 379 g/mol. The maximum absolute atomic E-state index is 13.3. The lowest BCUT2D eigenvalue weighted by Crippen LogP contribution is -2.30. The molecule has 0 unspecified atom stereocenters. The summed E-state index contributed by atoms with van der Waals surface area (Å²) in [7, 11) is -3.95. The minimum atomic E-state index is -3.95. The molecule has 1 aliphatic rings. The molecule has 2 aromatic carbocycles. The van der Waals surface area contributed by atoms with E-state index in [4.69, 9.17) is 4.42 Å². The summed E-state index contributed by atoms with van der Waals surface area (Å²) >= 11 is 0. The number of oxazole rings is 1. The summed E-state index contributed by atoms with van der Waals surface area (Å²) in [5.41, 5.74) is 1.70. The van der Waals surface area contributed by atoms with E-state index < -0.39 is 15.7 Å². The van der Waals surface area contributed by atoms with Crippen molar-refractivity contribution in [3.63, 3.8) is 0 Å². The molecule has 2 heterocycles. The van der Waals surface area contributed by atoms with Gasteiger partial charge in [0.2, 0.25) is 26.6 Å². The summed E-state index contributed by atoms with van der Waals surface area (Å²) in [6, 6.07) is 12.3. The van der Waals surface area contributed by atoms with Crippen molar-refractivity contribution in [3.05, 3.63) is 59.9 Å². The molecule has 0 spiro atoms. The zero-order valence-corrected chi connectivity index (χ0v) is 16.4. The molecule has 0 amide bonds. The lowest BCUT2D eigenvalue weighted by Gasteiger charge is -2.26. The van der Waals surface area contributed by atoms with Crippen LogP contribution in [-0.2, 0) is 9.84 Å². The molecule has 0 radical (unpaired) electrons. The van der Waals surface area contributed by atoms with Crippen molar-refractivity contribution in [2.45, 2.75) is 36.1 Å². The third-order valence-corrected chi connectivity index (χ3v) is 6.64. The third-order valence-electron chi connectivity index (χ3n) is 4.98. The van der Waals surface area contributed by atoms with Gasteiger partial charge in [0.1, 0.15) is 5.82 Å². The summed E-state index contributed by atoms with van der Waals surface area (Å²) in [5, 5.41) is -0.112. The Morgan fingerprint density at radius 2 is 1.68 bits per heavy atom. The topological polar surface area (TPSA) is 63.4 Å². The van der Waals surface area contributed by atoms with Crippen molar-refractivity contribution in [2.24, 2.45) is 0 Å². The fourth-order valence-corrected chi connectivity index (χ4v) is 4.74. The average molecular weight is 400 g/mol. The van der Waals surface area contributed by atoms with Gasteiger partial charge in [0, 0.05) is 18.7 Å². The van der Waals surface area contributed by atoms with Gasteiger partial charge in [-0.05, 0) is 62.1 Å². The molecule has 5 nitrogen and oxygen atoms in total. The molecular formula is C21H21FN2O3S. The summed E-state index contributed by atoms with van der Waals surface area (Å²) in [6.07, 6.45) is 3.04. The molecule has 4 rings (SSSR count). The summed E-state index contributed by atoms with van der Waals surface area (Å²) < 4.78 is 45.8. The van der Waals surface area contributed by atoms with E-state index in [1.165, 1.54) is 12.1 Å². The van der Waals surface area contributed by atoms with Crippen LogP contribution in [0.4, 0.5) is 10.3 Å². The Balaban J connectivity index is 1.87. The second kappa shape index (κ2) is 7.39. The van der Waals surface area contributed by atoms with Gasteiger partial charge in [0.25, 0.3) is 0 Å². The van der Waals surface area contributed by atoms with Crippen molar-refractivity contribution >= 4 is 15.7 Å². The third kappa shape index (κ3) is 3.42. The van der Waals surface area contributed by atoms with E-state index in [0.29, 0.717) is 13.1 Å². The van der Waals surface area contributed by atoms with E-state index in [1.807, 2.05) is 36.1 Å². The van der Waals surface area contributed by atoms with Gasteiger partial charge in [0.15, 0.2) is 0 Å². The number of anilines is 1. The van der Waals surface area contributed by atoms with Crippen LogP contribution in [0.5, 0.6) is 0 Å². The number of hydrogen-bond acceptors (Lipinski definition) is 5. The molecule has 3 aromatic rings. The fourth-order valence-electron chi connectivity index (χ4n) is 3.42. The van der Waals surface area contributed by atoms with E-state index in [0.717, 1.165) is 42.5 Å². The van der Waals surface area contributed by atoms with Gasteiger partial charge >= 0.3 is 0 Å². The Morgan fingerprint density at radius 1 is 1.00 bits per heavy atom. The van der Waals surface area contributed by atoms with Crippen LogP contribution < -0.4 is 4.90 Å². The zero-order chi connectivity index (χ0) is 19.7. The molecule has 0 N–H and O–H groups in total. The molecule has 0 bridgehead atoms. The molecule has 1 aliphatic heterocycles. The molecule has 28 heavy (non-hydrogen) atoms. The molecule has 0 atom stereocenters. The van der Waals surface area contributed by atoms with Crippen LogP contribution >= 0.6 is 0 Å². The number of aromatic nitrogens is 1. The number of sulfone groups is 1. The second-order valence-electron chi connectivity index (χ2n) is 6.95. The number of benzene rings is 2. The lowest BCUT2D eigenvalue weighted by molar-refractivity contribution is 0.499. The highest BCUT2D eigenvalue weighted by atomic mass is 32.2. The maximum atomic E-state index is 13.3. The van der Waals surface area contributed by atoms with Crippen molar-refractivity contribution in [2.75, 3.05) is 18.0 Å². The first-order chi connectivity index (χ1) is 13.5. The molecule has 1 aromatic heterocycles. The Hall–Kier alpha value is -2.67. The molecule has 146 valence electrons. The Morgan fingerprint density at radius 3 is 2.36 bits per heavy atom. The number of halogens is 1. The van der Waals surface area contributed by atoms with Crippen LogP contribution in [0, 0.1) is 12.7 Å². The van der Waals surface area contributed by atoms with Gasteiger partial charge in [-0.2, -0.15) is 4.98 Å². The minimum absolute atomic E-state index is 0.00297. The highest BCUT2D eigenvalue weighted by molar-refractivity contribution is 7.91. The van der Waals surface area contributed by atoms with Crippen molar-refractivity contribution in [1.82, 2.24) is 4.98 Å². The Labute approximate surface area is 163 Å². The second-order valence-corrected chi connectivity index (χ2v) is 8.81. The van der Waals surface area contributed by atoms with Gasteiger partial charge < -0.3 is 9.32 Å². The van der Waals surface area contributed by atoms with Crippen LogP contribution in [-0.4, -0.2) is 26.5 Å². The number of aryl methyl sites for hydroxylation is 1. The summed E-state index contributed by atoms with van der Waals surface area (Å²) in [4.78, 5) is 6.33. The van der Waals surface area contributed by atoms with Crippen molar-refractivity contribution in [3.8, 4) is 11.5 Å². The standard InChI is InChI=1S/C21H21FN2O3S/c1-15-7-3-4-8-18(15)19-23-20(21(27-19)24-13-5-2-6-14-24)28(25,26)17-11-9-16(22)10-12-17/h3-4,7-12H,2,5-6,13-14H2,1H3. The number of rotatable bonds is 4. The number of piperidine rings is 1. The highest BCUT2D eigenvalue weighted by Crippen LogP contribution is 2.36. The van der Waals surface area contributed by atoms with Crippen LogP contribution in [0.15, 0.2) is 62.9 Å². The van der Waals surface area contributed by atoms with Gasteiger partial charge in [-0.3, -0.25) is 0 Å². The van der Waals surface area contributed by atoms with E-state index in [-0.39, 0.29) is 21.7 Å². The average Bonchev–Trinajstić information content (AvgIpc) is 3.15. The number of nitrogens with zero attached hydrogens (tertiary/aromatic N) is 2. The molecule has 1 saturated heterocycles. The van der Waals surface area contributed by atoms with Crippen molar-refractivity contribution < 1.29 is 17.2 Å². The summed E-state index contributed by atoms with van der Waals surface area (Å²) in [5.74, 6) is 0.0533. The van der Waals surface area contributed by atoms with E-state index in [1.54, 1.807) is 0 Å². The first kappa shape index (κ1) is 18.7. The monoisotopic (exact) mass is 400 g/mol. The smallest absolute Gasteiger partial charge is 0.236 e. The maximum Gasteiger partial charge on any atom is 0.236 e. The molecule has 0 saturated carbocycles. The van der Waals surface area contributed by atoms with Crippen LogP contribution in [0.1, 0.15) is 24.8 Å². The molecule has 0 aliphatic carbocycles. The SMILES string of the molecule is Cc1ccccc1-c1nc(S(=O)(=O)c2ccc(F)cc2)c(N2CCCCC2)o1. The zero-order valence-electron chi connectivity index (χ0n) is 15.6. The Bertz CT molecular complexity index is 1090. The van der Waals surface area contributed by atoms with E-state index in [9.17, 15) is 12.8 Å². The fraction of sp³-hybridized carbons (Fsp3) is 0.286. The van der Waals surface area contributed by atoms with Crippen LogP contribution in [0.2, 0.25) is 0 Å². The quantitative estimate of drug-likeness (QED) is 0.599. The Kier molecular flexibility index (Phi) is 4.93. The van der Waals surface area contributed by atoms with E-state index >= 15 is 0 Å². The highest BCUT2D eigenvalue weighted by Gasteiger charge is 2.32. The first-order valence-electron chi connectivity index (χ1n) is 9.29. The normalized spacial score (nSPS) is 15.0. The predicted octanol–water partition coefficient (Wildman–Crippen LogP) is 4.61. The van der Waals surface area contributed by atoms with Gasteiger partial charge in [-0.25, -0.2) is 12.8 Å². The lowest BCUT2D eigenvalue weighted by atomic mass is 10.1. The number of hydrogen-bond donors (Lipinski definition) is 0. The van der Waals surface area contributed by atoms with Crippen LogP contribution in [0.25, 0.3) is 11.5 Å². The van der Waals surface area contributed by atoms with E-state index in [2.05, 4.69) is 4.98 Å². The first-order valence-corrected chi connectivity index (χ1v) is 10.8. The minimum Gasteiger partial charge on any atom is -0.419 e. The molecule has 7 heteroatoms. The largest absolute Gasteiger partial charge is 0.419 e. The van der Waals surface area contributed by atoms with Gasteiger partial charge in [-0.1, -0.05) is 18.2 Å². The summed E-state index contributed by atoms with van der Waals surface area (Å²) in [6.45, 7) is 3.36. The van der Waals surface area contributed by atoms with Crippen molar-refractivity contribution in [1.29, 1.82) is 0 Å². The van der Waals surface area contributed by atoms with Gasteiger partial charge in [0.05, 0.1) is 4.90 Å². The van der Waals surface area contributed by atoms with Gasteiger partial charge in [-0.15, -0.1) is 0 Å². The van der Waals surface area contributed by atoms with Crippen LogP contribution in [0.3, 0.4) is 0 Å². The predicted molar refractivity (Wildman–Crippen MR) is 105 cm³/mol.